The molecule has 15 heavy (non-hydrogen) atoms. The number of methoxy groups -OCH3 is 1. The molecule has 1 aromatic carbocycles. The van der Waals surface area contributed by atoms with Crippen LogP contribution in [-0.4, -0.2) is 11.8 Å². The number of hydrogen-bond acceptors (Lipinski definition) is 3. The maximum absolute atomic E-state index is 11.1. The van der Waals surface area contributed by atoms with Gasteiger partial charge in [0, 0.05) is 12.6 Å². The lowest BCUT2D eigenvalue weighted by atomic mass is 10.1. The van der Waals surface area contributed by atoms with Gasteiger partial charge in [-0.15, -0.1) is 0 Å². The normalized spacial score (nSPS) is 10.3. The third-order valence-corrected chi connectivity index (χ3v) is 2.20. The van der Waals surface area contributed by atoms with Crippen molar-refractivity contribution < 1.29 is 9.26 Å². The van der Waals surface area contributed by atoms with Crippen molar-refractivity contribution in [2.24, 2.45) is 7.05 Å². The van der Waals surface area contributed by atoms with Gasteiger partial charge in [0.05, 0.1) is 18.9 Å². The molecule has 0 aliphatic heterocycles. The molecule has 0 aliphatic rings. The quantitative estimate of drug-likeness (QED) is 0.748. The summed E-state index contributed by atoms with van der Waals surface area (Å²) in [5.74, 6) is 0.717. The molecule has 1 aromatic heterocycles. The van der Waals surface area contributed by atoms with Gasteiger partial charge in [-0.2, -0.15) is 0 Å². The molecule has 4 heteroatoms. The molecule has 78 valence electrons. The maximum atomic E-state index is 11.1. The highest BCUT2D eigenvalue weighted by atomic mass is 16.5. The zero-order valence-corrected chi connectivity index (χ0v) is 8.56. The fourth-order valence-electron chi connectivity index (χ4n) is 1.52. The number of benzene rings is 1. The van der Waals surface area contributed by atoms with E-state index in [1.165, 1.54) is 10.8 Å². The van der Waals surface area contributed by atoms with Crippen LogP contribution in [0.4, 0.5) is 0 Å². The first-order chi connectivity index (χ1) is 7.22. The second-order valence-corrected chi connectivity index (χ2v) is 3.14. The van der Waals surface area contributed by atoms with Crippen LogP contribution in [0.5, 0.6) is 5.75 Å². The van der Waals surface area contributed by atoms with Gasteiger partial charge in [-0.3, -0.25) is 0 Å². The molecule has 0 atom stereocenters. The first-order valence-corrected chi connectivity index (χ1v) is 4.53. The van der Waals surface area contributed by atoms with Crippen LogP contribution in [0, 0.1) is 0 Å². The van der Waals surface area contributed by atoms with Crippen LogP contribution >= 0.6 is 0 Å². The van der Waals surface area contributed by atoms with Crippen molar-refractivity contribution in [3.63, 3.8) is 0 Å². The van der Waals surface area contributed by atoms with Crippen LogP contribution in [-0.2, 0) is 7.05 Å². The van der Waals surface area contributed by atoms with Crippen LogP contribution in [0.25, 0.3) is 11.3 Å². The van der Waals surface area contributed by atoms with Gasteiger partial charge in [0.25, 0.3) is 0 Å². The fourth-order valence-corrected chi connectivity index (χ4v) is 1.52. The second-order valence-electron chi connectivity index (χ2n) is 3.14. The van der Waals surface area contributed by atoms with E-state index in [4.69, 9.17) is 9.26 Å². The van der Waals surface area contributed by atoms with Crippen LogP contribution in [0.3, 0.4) is 0 Å². The Hall–Kier alpha value is -1.97. The molecule has 0 unspecified atom stereocenters. The Morgan fingerprint density at radius 3 is 2.67 bits per heavy atom. The number of hydrogen-bond donors (Lipinski definition) is 0. The molecule has 0 radical (unpaired) electrons. The highest BCUT2D eigenvalue weighted by molar-refractivity contribution is 5.66. The van der Waals surface area contributed by atoms with E-state index in [0.29, 0.717) is 11.4 Å². The van der Waals surface area contributed by atoms with E-state index >= 15 is 0 Å². The number of aryl methyl sites for hydroxylation is 1. The molecule has 0 fully saturated rings. The van der Waals surface area contributed by atoms with Crippen molar-refractivity contribution in [1.29, 1.82) is 0 Å². The molecule has 0 saturated heterocycles. The highest BCUT2D eigenvalue weighted by Gasteiger charge is 2.10. The summed E-state index contributed by atoms with van der Waals surface area (Å²) < 4.78 is 11.5. The fraction of sp³-hybridized carbons (Fsp3) is 0.182. The zero-order chi connectivity index (χ0) is 10.8. The molecule has 4 nitrogen and oxygen atoms in total. The van der Waals surface area contributed by atoms with Gasteiger partial charge in [0.1, 0.15) is 5.75 Å². The van der Waals surface area contributed by atoms with E-state index in [1.54, 1.807) is 14.2 Å². The van der Waals surface area contributed by atoms with Crippen LogP contribution in [0.1, 0.15) is 0 Å². The second kappa shape index (κ2) is 3.65. The SMILES string of the molecule is COc1ccccc1-c1cc(=O)on1C. The van der Waals surface area contributed by atoms with Crippen molar-refractivity contribution in [1.82, 2.24) is 4.74 Å². The minimum Gasteiger partial charge on any atom is -0.496 e. The number of aromatic nitrogens is 1. The Morgan fingerprint density at radius 1 is 1.33 bits per heavy atom. The average Bonchev–Trinajstić information content (AvgIpc) is 2.57. The van der Waals surface area contributed by atoms with Gasteiger partial charge in [-0.05, 0) is 12.1 Å². The smallest absolute Gasteiger partial charge is 0.358 e. The van der Waals surface area contributed by atoms with E-state index in [-0.39, 0.29) is 5.63 Å². The number of rotatable bonds is 2. The van der Waals surface area contributed by atoms with Crippen LogP contribution < -0.4 is 10.4 Å². The third kappa shape index (κ3) is 1.66. The summed E-state index contributed by atoms with van der Waals surface area (Å²) in [7, 11) is 3.28. The Labute approximate surface area is 86.7 Å². The largest absolute Gasteiger partial charge is 0.496 e. The Kier molecular flexibility index (Phi) is 2.33. The summed E-state index contributed by atoms with van der Waals surface area (Å²) >= 11 is 0. The summed E-state index contributed by atoms with van der Waals surface area (Å²) in [6.07, 6.45) is 0. The summed E-state index contributed by atoms with van der Waals surface area (Å²) in [6, 6.07) is 8.92. The summed E-state index contributed by atoms with van der Waals surface area (Å²) in [5, 5.41) is 0. The monoisotopic (exact) mass is 205 g/mol. The number of nitrogens with zero attached hydrogens (tertiary/aromatic N) is 1. The van der Waals surface area contributed by atoms with Gasteiger partial charge >= 0.3 is 5.63 Å². The Morgan fingerprint density at radius 2 is 2.07 bits per heavy atom. The van der Waals surface area contributed by atoms with Gasteiger partial charge in [-0.25, -0.2) is 9.53 Å². The molecule has 1 heterocycles. The molecule has 0 N–H and O–H groups in total. The summed E-state index contributed by atoms with van der Waals surface area (Å²) in [6.45, 7) is 0. The van der Waals surface area contributed by atoms with Crippen LogP contribution in [0.2, 0.25) is 0 Å². The number of para-hydroxylation sites is 1. The molecule has 0 spiro atoms. The lowest BCUT2D eigenvalue weighted by Gasteiger charge is -2.06. The maximum Gasteiger partial charge on any atom is 0.358 e. The molecule has 2 aromatic rings. The zero-order valence-electron chi connectivity index (χ0n) is 8.56. The van der Waals surface area contributed by atoms with E-state index in [9.17, 15) is 4.79 Å². The number of ether oxygens (including phenoxy) is 1. The lowest BCUT2D eigenvalue weighted by Crippen LogP contribution is -1.92. The molecular weight excluding hydrogens is 194 g/mol. The lowest BCUT2D eigenvalue weighted by molar-refractivity contribution is 0.288. The molecule has 2 rings (SSSR count). The van der Waals surface area contributed by atoms with Crippen LogP contribution in [0.15, 0.2) is 39.6 Å². The van der Waals surface area contributed by atoms with Crippen molar-refractivity contribution in [3.8, 4) is 17.0 Å². The Bertz CT molecular complexity index is 525. The first kappa shape index (κ1) is 9.58. The first-order valence-electron chi connectivity index (χ1n) is 4.53. The highest BCUT2D eigenvalue weighted by Crippen LogP contribution is 2.28. The van der Waals surface area contributed by atoms with Gasteiger partial charge < -0.3 is 9.26 Å². The molecule has 0 aliphatic carbocycles. The van der Waals surface area contributed by atoms with E-state index in [1.807, 2.05) is 24.3 Å². The van der Waals surface area contributed by atoms with Gasteiger partial charge in [-0.1, -0.05) is 12.1 Å². The van der Waals surface area contributed by atoms with E-state index in [0.717, 1.165) is 5.56 Å². The minimum absolute atomic E-state index is 0.363. The Balaban J connectivity index is 2.63. The standard InChI is InChI=1S/C11H11NO3/c1-12-9(7-11(13)15-12)8-5-3-4-6-10(8)14-2/h3-7H,1-2H3. The molecular formula is C11H11NO3. The third-order valence-electron chi connectivity index (χ3n) is 2.20. The van der Waals surface area contributed by atoms with E-state index in [2.05, 4.69) is 0 Å². The van der Waals surface area contributed by atoms with Crippen molar-refractivity contribution >= 4 is 0 Å². The van der Waals surface area contributed by atoms with Crippen molar-refractivity contribution in [2.75, 3.05) is 7.11 Å². The van der Waals surface area contributed by atoms with E-state index < -0.39 is 0 Å². The van der Waals surface area contributed by atoms with Crippen molar-refractivity contribution in [3.05, 3.63) is 40.8 Å². The predicted molar refractivity (Wildman–Crippen MR) is 55.9 cm³/mol. The summed E-state index contributed by atoms with van der Waals surface area (Å²) in [4.78, 5) is 11.1. The average molecular weight is 205 g/mol. The van der Waals surface area contributed by atoms with Crippen molar-refractivity contribution in [2.45, 2.75) is 0 Å². The molecule has 0 saturated carbocycles. The van der Waals surface area contributed by atoms with Gasteiger partial charge in [0.15, 0.2) is 0 Å². The topological polar surface area (TPSA) is 44.4 Å². The summed E-state index contributed by atoms with van der Waals surface area (Å²) in [5.41, 5.74) is 1.18. The molecule has 0 amide bonds. The van der Waals surface area contributed by atoms with Gasteiger partial charge in [0.2, 0.25) is 0 Å². The minimum atomic E-state index is -0.363. The predicted octanol–water partition coefficient (Wildman–Crippen LogP) is 1.65. The molecule has 0 bridgehead atoms.